The zero-order chi connectivity index (χ0) is 14.5. The first-order chi connectivity index (χ1) is 8.88. The Morgan fingerprint density at radius 1 is 1.37 bits per heavy atom. The van der Waals surface area contributed by atoms with Crippen molar-refractivity contribution in [2.45, 2.75) is 24.7 Å². The van der Waals surface area contributed by atoms with Crippen molar-refractivity contribution in [3.63, 3.8) is 0 Å². The summed E-state index contributed by atoms with van der Waals surface area (Å²) in [5.41, 5.74) is 5.53. The van der Waals surface area contributed by atoms with Gasteiger partial charge in [-0.2, -0.15) is 0 Å². The van der Waals surface area contributed by atoms with E-state index in [1.165, 1.54) is 25.1 Å². The Bertz CT molecular complexity index is 557. The summed E-state index contributed by atoms with van der Waals surface area (Å²) < 4.78 is 26.3. The lowest BCUT2D eigenvalue weighted by atomic mass is 10.2. The third-order valence-corrected chi connectivity index (χ3v) is 4.06. The Kier molecular flexibility index (Phi) is 5.40. The zero-order valence-electron chi connectivity index (χ0n) is 10.6. The fourth-order valence-electron chi connectivity index (χ4n) is 1.56. The van der Waals surface area contributed by atoms with Crippen LogP contribution in [0.15, 0.2) is 23.1 Å². The number of nitrogens with two attached hydrogens (primary N) is 1. The third-order valence-electron chi connectivity index (χ3n) is 2.60. The summed E-state index contributed by atoms with van der Waals surface area (Å²) in [5.74, 6) is 0. The molecule has 0 aliphatic heterocycles. The van der Waals surface area contributed by atoms with Gasteiger partial charge in [-0.25, -0.2) is 13.1 Å². The molecular formula is C11H17N3O4S. The van der Waals surface area contributed by atoms with E-state index in [2.05, 4.69) is 4.72 Å². The maximum atomic E-state index is 11.9. The number of unbranched alkanes of at least 4 members (excludes halogenated alkanes) is 1. The summed E-state index contributed by atoms with van der Waals surface area (Å²) in [6.45, 7) is 2.32. The first-order valence-electron chi connectivity index (χ1n) is 5.83. The predicted molar refractivity (Wildman–Crippen MR) is 71.3 cm³/mol. The monoisotopic (exact) mass is 287 g/mol. The lowest BCUT2D eigenvalue weighted by Gasteiger charge is -2.07. The summed E-state index contributed by atoms with van der Waals surface area (Å²) in [6, 6.07) is 3.73. The highest BCUT2D eigenvalue weighted by molar-refractivity contribution is 7.89. The van der Waals surface area contributed by atoms with E-state index in [1.54, 1.807) is 0 Å². The summed E-state index contributed by atoms with van der Waals surface area (Å²) >= 11 is 0. The number of hydrogen-bond donors (Lipinski definition) is 2. The van der Waals surface area contributed by atoms with Crippen molar-refractivity contribution < 1.29 is 13.3 Å². The van der Waals surface area contributed by atoms with Gasteiger partial charge >= 0.3 is 0 Å². The first-order valence-corrected chi connectivity index (χ1v) is 7.31. The molecule has 1 rings (SSSR count). The number of nitrogens with one attached hydrogen (secondary N) is 1. The van der Waals surface area contributed by atoms with Crippen molar-refractivity contribution in [3.8, 4) is 0 Å². The second-order valence-electron chi connectivity index (χ2n) is 4.10. The van der Waals surface area contributed by atoms with Gasteiger partial charge in [0.15, 0.2) is 0 Å². The lowest BCUT2D eigenvalue weighted by molar-refractivity contribution is -0.385. The van der Waals surface area contributed by atoms with E-state index in [-0.39, 0.29) is 10.6 Å². The van der Waals surface area contributed by atoms with E-state index >= 15 is 0 Å². The molecule has 0 spiro atoms. The number of hydrogen-bond acceptors (Lipinski definition) is 5. The molecule has 0 atom stereocenters. The molecule has 19 heavy (non-hydrogen) atoms. The number of rotatable bonds is 7. The highest BCUT2D eigenvalue weighted by Gasteiger charge is 2.17. The number of nitrogens with zero attached hydrogens (tertiary/aromatic N) is 1. The molecule has 3 N–H and O–H groups in total. The Balaban J connectivity index is 2.84. The molecule has 0 radical (unpaired) electrons. The van der Waals surface area contributed by atoms with E-state index in [1.807, 2.05) is 0 Å². The molecule has 0 fully saturated rings. The van der Waals surface area contributed by atoms with Crippen molar-refractivity contribution in [1.82, 2.24) is 4.72 Å². The standard InChI is InChI=1S/C11H17N3O4S/c1-9-8-10(4-5-11(9)14(15)16)19(17,18)13-7-3-2-6-12/h4-5,8,13H,2-3,6-7,12H2,1H3. The molecular weight excluding hydrogens is 270 g/mol. The van der Waals surface area contributed by atoms with Gasteiger partial charge in [0.05, 0.1) is 9.82 Å². The van der Waals surface area contributed by atoms with Crippen molar-refractivity contribution in [2.75, 3.05) is 13.1 Å². The molecule has 7 nitrogen and oxygen atoms in total. The van der Waals surface area contributed by atoms with E-state index in [0.717, 1.165) is 6.42 Å². The van der Waals surface area contributed by atoms with Crippen LogP contribution in [-0.4, -0.2) is 26.4 Å². The van der Waals surface area contributed by atoms with Crippen LogP contribution in [0.2, 0.25) is 0 Å². The number of aryl methyl sites for hydroxylation is 1. The Labute approximate surface area is 112 Å². The van der Waals surface area contributed by atoms with Crippen molar-refractivity contribution in [3.05, 3.63) is 33.9 Å². The Hall–Kier alpha value is -1.51. The molecule has 0 unspecified atom stereocenters. The van der Waals surface area contributed by atoms with Crippen molar-refractivity contribution >= 4 is 15.7 Å². The maximum absolute atomic E-state index is 11.9. The molecule has 0 aliphatic carbocycles. The van der Waals surface area contributed by atoms with Crippen LogP contribution in [0.4, 0.5) is 5.69 Å². The van der Waals surface area contributed by atoms with Gasteiger partial charge in [-0.15, -0.1) is 0 Å². The number of nitro benzene ring substituents is 1. The average Bonchev–Trinajstić information content (AvgIpc) is 2.34. The lowest BCUT2D eigenvalue weighted by Crippen LogP contribution is -2.25. The van der Waals surface area contributed by atoms with E-state index in [4.69, 9.17) is 5.73 Å². The van der Waals surface area contributed by atoms with Crippen molar-refractivity contribution in [1.29, 1.82) is 0 Å². The Morgan fingerprint density at radius 3 is 2.58 bits per heavy atom. The van der Waals surface area contributed by atoms with Crippen LogP contribution < -0.4 is 10.5 Å². The van der Waals surface area contributed by atoms with Crippen LogP contribution in [0.25, 0.3) is 0 Å². The third kappa shape index (κ3) is 4.27. The fourth-order valence-corrected chi connectivity index (χ4v) is 2.72. The number of sulfonamides is 1. The predicted octanol–water partition coefficient (Wildman–Crippen LogP) is 0.920. The van der Waals surface area contributed by atoms with Gasteiger partial charge in [-0.1, -0.05) is 0 Å². The zero-order valence-corrected chi connectivity index (χ0v) is 11.4. The van der Waals surface area contributed by atoms with Crippen LogP contribution in [0, 0.1) is 17.0 Å². The molecule has 0 amide bonds. The molecule has 0 saturated carbocycles. The smallest absolute Gasteiger partial charge is 0.272 e. The molecule has 1 aromatic rings. The molecule has 8 heteroatoms. The second kappa shape index (κ2) is 6.60. The molecule has 0 aromatic heterocycles. The van der Waals surface area contributed by atoms with Gasteiger partial charge in [0.25, 0.3) is 5.69 Å². The van der Waals surface area contributed by atoms with Crippen LogP contribution in [0.1, 0.15) is 18.4 Å². The minimum absolute atomic E-state index is 0.0309. The molecule has 0 saturated heterocycles. The van der Waals surface area contributed by atoms with E-state index < -0.39 is 14.9 Å². The molecule has 106 valence electrons. The second-order valence-corrected chi connectivity index (χ2v) is 5.87. The van der Waals surface area contributed by atoms with Gasteiger partial charge in [-0.05, 0) is 38.4 Å². The quantitative estimate of drug-likeness (QED) is 0.439. The largest absolute Gasteiger partial charge is 0.330 e. The fraction of sp³-hybridized carbons (Fsp3) is 0.455. The Morgan fingerprint density at radius 2 is 2.05 bits per heavy atom. The topological polar surface area (TPSA) is 115 Å². The molecule has 1 aromatic carbocycles. The maximum Gasteiger partial charge on any atom is 0.272 e. The number of benzene rings is 1. The normalized spacial score (nSPS) is 11.5. The first kappa shape index (κ1) is 15.5. The SMILES string of the molecule is Cc1cc(S(=O)(=O)NCCCCN)ccc1[N+](=O)[O-]. The van der Waals surface area contributed by atoms with Gasteiger partial charge < -0.3 is 5.73 Å². The van der Waals surface area contributed by atoms with Crippen LogP contribution in [0.3, 0.4) is 0 Å². The van der Waals surface area contributed by atoms with Gasteiger partial charge in [-0.3, -0.25) is 10.1 Å². The van der Waals surface area contributed by atoms with E-state index in [0.29, 0.717) is 25.1 Å². The summed E-state index contributed by atoms with van der Waals surface area (Å²) in [6.07, 6.45) is 1.39. The molecule has 0 aliphatic rings. The average molecular weight is 287 g/mol. The van der Waals surface area contributed by atoms with Gasteiger partial charge in [0.2, 0.25) is 10.0 Å². The summed E-state index contributed by atoms with van der Waals surface area (Å²) in [4.78, 5) is 10.1. The molecule has 0 heterocycles. The van der Waals surface area contributed by atoms with E-state index in [9.17, 15) is 18.5 Å². The summed E-state index contributed by atoms with van der Waals surface area (Å²) in [7, 11) is -3.62. The number of nitro groups is 1. The van der Waals surface area contributed by atoms with Crippen LogP contribution in [0.5, 0.6) is 0 Å². The highest BCUT2D eigenvalue weighted by atomic mass is 32.2. The van der Waals surface area contributed by atoms with Crippen molar-refractivity contribution in [2.24, 2.45) is 5.73 Å². The minimum Gasteiger partial charge on any atom is -0.330 e. The van der Waals surface area contributed by atoms with Gasteiger partial charge in [0.1, 0.15) is 0 Å². The summed E-state index contributed by atoms with van der Waals surface area (Å²) in [5, 5.41) is 10.7. The highest BCUT2D eigenvalue weighted by Crippen LogP contribution is 2.21. The molecule has 0 bridgehead atoms. The van der Waals surface area contributed by atoms with Gasteiger partial charge in [0, 0.05) is 18.2 Å². The van der Waals surface area contributed by atoms with Crippen LogP contribution in [-0.2, 0) is 10.0 Å². The van der Waals surface area contributed by atoms with Crippen LogP contribution >= 0.6 is 0 Å². The minimum atomic E-state index is -3.62.